The van der Waals surface area contributed by atoms with E-state index in [-0.39, 0.29) is 5.97 Å². The molecule has 0 saturated carbocycles. The van der Waals surface area contributed by atoms with E-state index in [1.165, 1.54) is 5.56 Å². The van der Waals surface area contributed by atoms with Crippen molar-refractivity contribution in [2.24, 2.45) is 0 Å². The summed E-state index contributed by atoms with van der Waals surface area (Å²) in [6, 6.07) is 25.0. The minimum absolute atomic E-state index is 0.343. The van der Waals surface area contributed by atoms with Gasteiger partial charge >= 0.3 is 5.97 Å². The Balaban J connectivity index is 1.58. The Hall–Kier alpha value is -3.13. The summed E-state index contributed by atoms with van der Waals surface area (Å²) in [5.74, 6) is 0.212. The van der Waals surface area contributed by atoms with Crippen molar-refractivity contribution >= 4 is 11.5 Å². The zero-order valence-corrected chi connectivity index (χ0v) is 13.7. The first-order chi connectivity index (χ1) is 12.3. The van der Waals surface area contributed by atoms with Crippen LogP contribution in [0.15, 0.2) is 78.9 Å². The van der Waals surface area contributed by atoms with Gasteiger partial charge in [-0.25, -0.2) is 4.79 Å². The van der Waals surface area contributed by atoms with E-state index in [2.05, 4.69) is 24.3 Å². The van der Waals surface area contributed by atoms with E-state index in [9.17, 15) is 4.79 Å². The third kappa shape index (κ3) is 3.38. The third-order valence-corrected chi connectivity index (χ3v) is 4.35. The van der Waals surface area contributed by atoms with Crippen LogP contribution < -0.4 is 4.74 Å². The molecule has 0 N–H and O–H groups in total. The highest BCUT2D eigenvalue weighted by Crippen LogP contribution is 2.30. The van der Waals surface area contributed by atoms with E-state index in [1.54, 1.807) is 12.1 Å². The van der Waals surface area contributed by atoms with Crippen molar-refractivity contribution in [2.75, 3.05) is 0 Å². The van der Waals surface area contributed by atoms with Crippen LogP contribution in [0, 0.1) is 6.08 Å². The van der Waals surface area contributed by atoms with E-state index in [1.807, 2.05) is 48.5 Å². The Bertz CT molecular complexity index is 939. The minimum atomic E-state index is -0.343. The summed E-state index contributed by atoms with van der Waals surface area (Å²) in [4.78, 5) is 12.2. The van der Waals surface area contributed by atoms with Crippen molar-refractivity contribution in [3.05, 3.63) is 107 Å². The number of benzene rings is 3. The second-order valence-corrected chi connectivity index (χ2v) is 6.04. The Morgan fingerprint density at radius 1 is 0.840 bits per heavy atom. The monoisotopic (exact) mass is 325 g/mol. The van der Waals surface area contributed by atoms with Crippen molar-refractivity contribution in [3.63, 3.8) is 0 Å². The summed E-state index contributed by atoms with van der Waals surface area (Å²) >= 11 is 0. The third-order valence-electron chi connectivity index (χ3n) is 4.35. The number of fused-ring (bicyclic) bond motifs is 1. The zero-order valence-electron chi connectivity index (χ0n) is 13.7. The molecule has 0 aromatic heterocycles. The summed E-state index contributed by atoms with van der Waals surface area (Å²) in [6.07, 6.45) is 5.45. The maximum Gasteiger partial charge on any atom is 0.343 e. The Labute approximate surface area is 147 Å². The molecule has 2 heteroatoms. The molecule has 1 aliphatic rings. The lowest BCUT2D eigenvalue weighted by molar-refractivity contribution is 0.0735. The number of rotatable bonds is 3. The fourth-order valence-electron chi connectivity index (χ4n) is 3.05. The SMILES string of the molecule is O=C(Oc1cccc(C2=[C]c3ccccc3CC2)c1)c1ccccc1. The lowest BCUT2D eigenvalue weighted by atomic mass is 9.89. The maximum absolute atomic E-state index is 12.2. The van der Waals surface area contributed by atoms with Gasteiger partial charge in [-0.3, -0.25) is 0 Å². The highest BCUT2D eigenvalue weighted by Gasteiger charge is 2.13. The lowest BCUT2D eigenvalue weighted by Gasteiger charge is -2.16. The maximum atomic E-state index is 12.2. The molecule has 0 aliphatic heterocycles. The number of carbonyl (C=O) groups excluding carboxylic acids is 1. The smallest absolute Gasteiger partial charge is 0.343 e. The fraction of sp³-hybridized carbons (Fsp3) is 0.0870. The lowest BCUT2D eigenvalue weighted by Crippen LogP contribution is -2.08. The summed E-state index contributed by atoms with van der Waals surface area (Å²) in [6.45, 7) is 0. The molecule has 0 spiro atoms. The number of aryl methyl sites for hydroxylation is 1. The van der Waals surface area contributed by atoms with Gasteiger partial charge in [0.15, 0.2) is 0 Å². The van der Waals surface area contributed by atoms with Crippen LogP contribution in [0.2, 0.25) is 0 Å². The van der Waals surface area contributed by atoms with E-state index in [0.717, 1.165) is 29.5 Å². The molecule has 25 heavy (non-hydrogen) atoms. The molecule has 0 fully saturated rings. The van der Waals surface area contributed by atoms with Crippen LogP contribution in [-0.2, 0) is 6.42 Å². The van der Waals surface area contributed by atoms with Gasteiger partial charge in [0.2, 0.25) is 0 Å². The molecule has 0 saturated heterocycles. The van der Waals surface area contributed by atoms with Crippen LogP contribution in [0.3, 0.4) is 0 Å². The molecule has 3 aromatic rings. The van der Waals surface area contributed by atoms with Crippen molar-refractivity contribution in [1.29, 1.82) is 0 Å². The first kappa shape index (κ1) is 15.4. The molecule has 1 radical (unpaired) electrons. The highest BCUT2D eigenvalue weighted by atomic mass is 16.5. The van der Waals surface area contributed by atoms with Gasteiger partial charge in [-0.05, 0) is 65.4 Å². The van der Waals surface area contributed by atoms with Gasteiger partial charge in [-0.2, -0.15) is 0 Å². The molecular weight excluding hydrogens is 308 g/mol. The molecule has 4 rings (SSSR count). The van der Waals surface area contributed by atoms with Crippen molar-refractivity contribution in [1.82, 2.24) is 0 Å². The standard InChI is InChI=1S/C23H17O2/c24-23(18-8-2-1-3-9-18)25-22-12-6-11-20(16-22)21-14-13-17-7-4-5-10-19(17)15-21/h1-12,16H,13-14H2. The average Bonchev–Trinajstić information content (AvgIpc) is 2.68. The van der Waals surface area contributed by atoms with Gasteiger partial charge in [-0.1, -0.05) is 54.6 Å². The van der Waals surface area contributed by atoms with Crippen molar-refractivity contribution < 1.29 is 9.53 Å². The topological polar surface area (TPSA) is 26.3 Å². The van der Waals surface area contributed by atoms with Crippen molar-refractivity contribution in [3.8, 4) is 5.75 Å². The Morgan fingerprint density at radius 2 is 1.64 bits per heavy atom. The molecule has 1 aliphatic carbocycles. The van der Waals surface area contributed by atoms with Gasteiger partial charge in [0.05, 0.1) is 5.56 Å². The summed E-state index contributed by atoms with van der Waals surface area (Å²) in [5.41, 5.74) is 5.22. The molecule has 2 nitrogen and oxygen atoms in total. The van der Waals surface area contributed by atoms with Crippen molar-refractivity contribution in [2.45, 2.75) is 12.8 Å². The molecule has 121 valence electrons. The number of hydrogen-bond acceptors (Lipinski definition) is 2. The van der Waals surface area contributed by atoms with E-state index in [4.69, 9.17) is 4.74 Å². The number of esters is 1. The predicted octanol–water partition coefficient (Wildman–Crippen LogP) is 5.09. The minimum Gasteiger partial charge on any atom is -0.423 e. The number of ether oxygens (including phenoxy) is 1. The first-order valence-electron chi connectivity index (χ1n) is 8.38. The van der Waals surface area contributed by atoms with Crippen LogP contribution in [0.4, 0.5) is 0 Å². The van der Waals surface area contributed by atoms with E-state index in [0.29, 0.717) is 11.3 Å². The zero-order chi connectivity index (χ0) is 17.1. The second kappa shape index (κ2) is 6.78. The molecular formula is C23H17O2. The van der Waals surface area contributed by atoms with Gasteiger partial charge in [0.25, 0.3) is 0 Å². The van der Waals surface area contributed by atoms with E-state index >= 15 is 0 Å². The van der Waals surface area contributed by atoms with E-state index < -0.39 is 0 Å². The van der Waals surface area contributed by atoms with Crippen LogP contribution >= 0.6 is 0 Å². The van der Waals surface area contributed by atoms with Gasteiger partial charge in [-0.15, -0.1) is 0 Å². The second-order valence-electron chi connectivity index (χ2n) is 6.04. The molecule has 3 aromatic carbocycles. The molecule has 0 bridgehead atoms. The van der Waals surface area contributed by atoms with Crippen LogP contribution in [-0.4, -0.2) is 5.97 Å². The van der Waals surface area contributed by atoms with Gasteiger partial charge in [0.1, 0.15) is 5.75 Å². The molecule has 0 unspecified atom stereocenters. The van der Waals surface area contributed by atoms with Gasteiger partial charge in [0, 0.05) is 0 Å². The van der Waals surface area contributed by atoms with Crippen LogP contribution in [0.1, 0.15) is 33.5 Å². The normalized spacial score (nSPS) is 12.9. The number of carbonyl (C=O) groups is 1. The molecule has 0 heterocycles. The largest absolute Gasteiger partial charge is 0.423 e. The average molecular weight is 325 g/mol. The first-order valence-corrected chi connectivity index (χ1v) is 8.38. The summed E-state index contributed by atoms with van der Waals surface area (Å²) in [7, 11) is 0. The molecule has 0 atom stereocenters. The Kier molecular flexibility index (Phi) is 4.17. The fourth-order valence-corrected chi connectivity index (χ4v) is 3.05. The molecule has 0 amide bonds. The number of hydrogen-bond donors (Lipinski definition) is 0. The highest BCUT2D eigenvalue weighted by molar-refractivity contribution is 5.91. The predicted molar refractivity (Wildman–Crippen MR) is 98.4 cm³/mol. The van der Waals surface area contributed by atoms with Crippen LogP contribution in [0.5, 0.6) is 5.75 Å². The van der Waals surface area contributed by atoms with Crippen LogP contribution in [0.25, 0.3) is 5.57 Å². The number of allylic oxidation sites excluding steroid dienone is 1. The summed E-state index contributed by atoms with van der Waals surface area (Å²) in [5, 5.41) is 0. The quantitative estimate of drug-likeness (QED) is 0.495. The summed E-state index contributed by atoms with van der Waals surface area (Å²) < 4.78 is 5.52. The van der Waals surface area contributed by atoms with Gasteiger partial charge < -0.3 is 4.74 Å². The Morgan fingerprint density at radius 3 is 2.52 bits per heavy atom.